The Balaban J connectivity index is 0. The number of carbonyl (C=O) groups is 1. The number of hydrogen-bond donors (Lipinski definition) is 2. The van der Waals surface area contributed by atoms with Gasteiger partial charge in [-0.05, 0) is 0 Å². The maximum atomic E-state index is 10.2. The van der Waals surface area contributed by atoms with Crippen LogP contribution >= 0.6 is 12.4 Å². The average molecular weight is 140 g/mol. The molecule has 3 N–H and O–H groups in total. The van der Waals surface area contributed by atoms with Crippen molar-refractivity contribution >= 4 is 18.4 Å². The molecule has 0 aromatic carbocycles. The van der Waals surface area contributed by atoms with Crippen LogP contribution in [-0.4, -0.2) is 25.0 Å². The maximum absolute atomic E-state index is 10.2. The quantitative estimate of drug-likeness (QED) is 0.271. The van der Waals surface area contributed by atoms with E-state index in [0.29, 0.717) is 0 Å². The molecule has 8 heavy (non-hydrogen) atoms. The molecule has 0 radical (unpaired) electrons. The summed E-state index contributed by atoms with van der Waals surface area (Å²) >= 11 is 0. The summed E-state index contributed by atoms with van der Waals surface area (Å²) in [5, 5.41) is 0. The third-order valence-electron chi connectivity index (χ3n) is 0.530. The van der Waals surface area contributed by atoms with Gasteiger partial charge in [0.1, 0.15) is 0 Å². The van der Waals surface area contributed by atoms with Crippen LogP contribution in [-0.2, 0) is 0 Å². The van der Waals surface area contributed by atoms with Crippen LogP contribution in [0.3, 0.4) is 0 Å². The molecule has 0 bridgehead atoms. The number of nitrogens with two attached hydrogens (primary N) is 1. The molecule has 0 rings (SSSR count). The fourth-order valence-electron chi connectivity index (χ4n) is 0.129. The molecule has 4 nitrogen and oxygen atoms in total. The average Bonchev–Trinajstić information content (AvgIpc) is 1.65. The molecule has 0 aromatic heterocycles. The summed E-state index contributed by atoms with van der Waals surface area (Å²) in [6, 6.07) is -0.292. The highest BCUT2D eigenvalue weighted by atomic mass is 35.5. The van der Waals surface area contributed by atoms with Gasteiger partial charge in [0.05, 0.1) is 0 Å². The van der Waals surface area contributed by atoms with Crippen LogP contribution in [0.25, 0.3) is 0 Å². The number of nitrogens with zero attached hydrogens (tertiary/aromatic N) is 1. The van der Waals surface area contributed by atoms with Crippen molar-refractivity contribution in [1.82, 2.24) is 10.3 Å². The molecular weight excluding hydrogens is 130 g/mol. The van der Waals surface area contributed by atoms with E-state index in [0.717, 1.165) is 0 Å². The molecule has 0 fully saturated rings. The van der Waals surface area contributed by atoms with Crippen molar-refractivity contribution in [3.63, 3.8) is 0 Å². The lowest BCUT2D eigenvalue weighted by Crippen LogP contribution is -2.38. The normalized spacial score (nSPS) is 6.88. The molecule has 0 aliphatic rings. The number of urea groups is 1. The van der Waals surface area contributed by atoms with Crippen molar-refractivity contribution in [1.29, 1.82) is 0 Å². The molecule has 5 heteroatoms. The number of rotatable bonds is 0. The first-order valence-electron chi connectivity index (χ1n) is 1.86. The minimum absolute atomic E-state index is 0. The Kier molecular flexibility index (Phi) is 6.13. The summed E-state index contributed by atoms with van der Waals surface area (Å²) in [6.45, 7) is 0. The Morgan fingerprint density at radius 2 is 2.00 bits per heavy atom. The molecular formula is C3H10ClN3O. The van der Waals surface area contributed by atoms with Crippen molar-refractivity contribution in [3.05, 3.63) is 0 Å². The molecule has 0 aliphatic carbocycles. The number of halogens is 1. The summed E-state index contributed by atoms with van der Waals surface area (Å²) in [5.74, 6) is 4.73. The highest BCUT2D eigenvalue weighted by Crippen LogP contribution is 1.69. The fraction of sp³-hybridized carbons (Fsp3) is 0.667. The SMILES string of the molecule is CN(C)C(=O)NN.Cl. The molecule has 0 spiro atoms. The minimum Gasteiger partial charge on any atom is -0.330 e. The standard InChI is InChI=1S/C3H9N3O.ClH/c1-6(2)3(7)5-4;/h4H2,1-2H3,(H,5,7);1H. The largest absolute Gasteiger partial charge is 0.330 e. The van der Waals surface area contributed by atoms with Crippen molar-refractivity contribution in [2.45, 2.75) is 0 Å². The zero-order valence-electron chi connectivity index (χ0n) is 4.84. The lowest BCUT2D eigenvalue weighted by molar-refractivity contribution is 0.217. The Labute approximate surface area is 54.4 Å². The van der Waals surface area contributed by atoms with Crippen LogP contribution in [0, 0.1) is 0 Å². The second kappa shape index (κ2) is 4.67. The number of hydrazine groups is 1. The second-order valence-corrected chi connectivity index (χ2v) is 1.34. The van der Waals surface area contributed by atoms with Gasteiger partial charge in [0.2, 0.25) is 0 Å². The fourth-order valence-corrected chi connectivity index (χ4v) is 0.129. The van der Waals surface area contributed by atoms with Gasteiger partial charge in [-0.1, -0.05) is 0 Å². The molecule has 0 atom stereocenters. The zero-order valence-corrected chi connectivity index (χ0v) is 5.66. The summed E-state index contributed by atoms with van der Waals surface area (Å²) in [5.41, 5.74) is 1.95. The number of carbonyl (C=O) groups excluding carboxylic acids is 1. The van der Waals surface area contributed by atoms with Gasteiger partial charge in [0, 0.05) is 14.1 Å². The van der Waals surface area contributed by atoms with E-state index in [1.807, 2.05) is 5.43 Å². The van der Waals surface area contributed by atoms with Crippen LogP contribution in [0.2, 0.25) is 0 Å². The minimum atomic E-state index is -0.292. The summed E-state index contributed by atoms with van der Waals surface area (Å²) < 4.78 is 0. The van der Waals surface area contributed by atoms with Gasteiger partial charge in [-0.2, -0.15) is 0 Å². The summed E-state index contributed by atoms with van der Waals surface area (Å²) in [7, 11) is 3.23. The van der Waals surface area contributed by atoms with Gasteiger partial charge < -0.3 is 4.90 Å². The van der Waals surface area contributed by atoms with E-state index in [4.69, 9.17) is 5.84 Å². The molecule has 50 valence electrons. The lowest BCUT2D eigenvalue weighted by Gasteiger charge is -2.06. The topological polar surface area (TPSA) is 58.4 Å². The molecule has 0 heterocycles. The van der Waals surface area contributed by atoms with Crippen molar-refractivity contribution < 1.29 is 4.79 Å². The van der Waals surface area contributed by atoms with E-state index in [2.05, 4.69) is 0 Å². The molecule has 0 saturated carbocycles. The highest BCUT2D eigenvalue weighted by Gasteiger charge is 1.94. The van der Waals surface area contributed by atoms with Crippen LogP contribution in [0.5, 0.6) is 0 Å². The number of hydrogen-bond acceptors (Lipinski definition) is 2. The van der Waals surface area contributed by atoms with Crippen molar-refractivity contribution in [3.8, 4) is 0 Å². The Bertz CT molecular complexity index is 74.9. The third kappa shape index (κ3) is 3.70. The highest BCUT2D eigenvalue weighted by molar-refractivity contribution is 5.85. The van der Waals surface area contributed by atoms with Gasteiger partial charge in [0.15, 0.2) is 0 Å². The summed E-state index contributed by atoms with van der Waals surface area (Å²) in [4.78, 5) is 11.5. The third-order valence-corrected chi connectivity index (χ3v) is 0.530. The smallest absolute Gasteiger partial charge is 0.330 e. The van der Waals surface area contributed by atoms with Gasteiger partial charge in [-0.15, -0.1) is 12.4 Å². The Hall–Kier alpha value is -0.480. The first-order valence-corrected chi connectivity index (χ1v) is 1.86. The van der Waals surface area contributed by atoms with E-state index in [1.54, 1.807) is 14.1 Å². The molecule has 2 amide bonds. The second-order valence-electron chi connectivity index (χ2n) is 1.34. The number of nitrogens with one attached hydrogen (secondary N) is 1. The van der Waals surface area contributed by atoms with E-state index in [-0.39, 0.29) is 18.4 Å². The molecule has 0 saturated heterocycles. The van der Waals surface area contributed by atoms with E-state index in [9.17, 15) is 4.79 Å². The van der Waals surface area contributed by atoms with Crippen LogP contribution in [0.15, 0.2) is 0 Å². The molecule has 0 aromatic rings. The van der Waals surface area contributed by atoms with Gasteiger partial charge in [-0.3, -0.25) is 5.43 Å². The lowest BCUT2D eigenvalue weighted by atomic mass is 10.9. The van der Waals surface area contributed by atoms with Crippen molar-refractivity contribution in [2.75, 3.05) is 14.1 Å². The monoisotopic (exact) mass is 139 g/mol. The van der Waals surface area contributed by atoms with Crippen LogP contribution in [0.1, 0.15) is 0 Å². The summed E-state index contributed by atoms with van der Waals surface area (Å²) in [6.07, 6.45) is 0. The van der Waals surface area contributed by atoms with E-state index in [1.165, 1.54) is 4.90 Å². The number of amides is 2. The predicted octanol–water partition coefficient (Wildman–Crippen LogP) is -0.447. The Morgan fingerprint density at radius 1 is 1.62 bits per heavy atom. The van der Waals surface area contributed by atoms with Crippen LogP contribution < -0.4 is 11.3 Å². The van der Waals surface area contributed by atoms with Crippen molar-refractivity contribution in [2.24, 2.45) is 5.84 Å². The first kappa shape index (κ1) is 10.5. The molecule has 0 unspecified atom stereocenters. The van der Waals surface area contributed by atoms with E-state index >= 15 is 0 Å². The first-order chi connectivity index (χ1) is 3.18. The van der Waals surface area contributed by atoms with Gasteiger partial charge in [-0.25, -0.2) is 10.6 Å². The van der Waals surface area contributed by atoms with Gasteiger partial charge >= 0.3 is 6.03 Å². The Morgan fingerprint density at radius 3 is 2.00 bits per heavy atom. The molecule has 0 aliphatic heterocycles. The maximum Gasteiger partial charge on any atom is 0.330 e. The zero-order chi connectivity index (χ0) is 5.86. The van der Waals surface area contributed by atoms with E-state index < -0.39 is 0 Å². The predicted molar refractivity (Wildman–Crippen MR) is 33.7 cm³/mol. The van der Waals surface area contributed by atoms with Gasteiger partial charge in [0.25, 0.3) is 0 Å². The van der Waals surface area contributed by atoms with Crippen LogP contribution in [0.4, 0.5) is 4.79 Å².